The van der Waals surface area contributed by atoms with Gasteiger partial charge in [0.2, 0.25) is 5.95 Å². The van der Waals surface area contributed by atoms with Crippen molar-refractivity contribution >= 4 is 16.9 Å². The van der Waals surface area contributed by atoms with Gasteiger partial charge >= 0.3 is 0 Å². The SMILES string of the molecule is Cc1nc(N[C@H]2c3ccccc3C[C@H]2O)nc2ccc(-c3cccc4c3CCCC4)cc12. The summed E-state index contributed by atoms with van der Waals surface area (Å²) in [6.07, 6.45) is 5.09. The van der Waals surface area contributed by atoms with Gasteiger partial charge in [0.25, 0.3) is 0 Å². The highest BCUT2D eigenvalue weighted by Crippen LogP contribution is 2.35. The fourth-order valence-electron chi connectivity index (χ4n) is 5.45. The van der Waals surface area contributed by atoms with Crippen molar-refractivity contribution in [2.45, 2.75) is 51.2 Å². The van der Waals surface area contributed by atoms with E-state index in [9.17, 15) is 5.11 Å². The summed E-state index contributed by atoms with van der Waals surface area (Å²) < 4.78 is 0. The van der Waals surface area contributed by atoms with E-state index in [1.54, 1.807) is 0 Å². The molecule has 0 radical (unpaired) electrons. The first kappa shape index (κ1) is 19.4. The largest absolute Gasteiger partial charge is 0.390 e. The van der Waals surface area contributed by atoms with Crippen molar-refractivity contribution in [2.24, 2.45) is 0 Å². The van der Waals surface area contributed by atoms with E-state index >= 15 is 0 Å². The summed E-state index contributed by atoms with van der Waals surface area (Å²) in [5.74, 6) is 0.570. The molecule has 6 rings (SSSR count). The van der Waals surface area contributed by atoms with E-state index in [2.05, 4.69) is 53.8 Å². The fourth-order valence-corrected chi connectivity index (χ4v) is 5.45. The summed E-state index contributed by atoms with van der Waals surface area (Å²) in [6.45, 7) is 2.04. The van der Waals surface area contributed by atoms with Gasteiger partial charge in [-0.15, -0.1) is 0 Å². The van der Waals surface area contributed by atoms with Gasteiger partial charge in [0.05, 0.1) is 23.4 Å². The smallest absolute Gasteiger partial charge is 0.224 e. The van der Waals surface area contributed by atoms with E-state index in [1.807, 2.05) is 19.1 Å². The van der Waals surface area contributed by atoms with E-state index in [0.717, 1.165) is 28.6 Å². The van der Waals surface area contributed by atoms with Crippen LogP contribution in [-0.2, 0) is 19.3 Å². The summed E-state index contributed by atoms with van der Waals surface area (Å²) in [5.41, 5.74) is 9.77. The Bertz CT molecular complexity index is 1330. The Kier molecular flexibility index (Phi) is 4.69. The summed E-state index contributed by atoms with van der Waals surface area (Å²) in [6, 6.07) is 21.2. The fraction of sp³-hybridized carbons (Fsp3) is 0.286. The monoisotopic (exact) mass is 421 g/mol. The molecule has 160 valence electrons. The molecule has 2 N–H and O–H groups in total. The Morgan fingerprint density at radius 1 is 0.906 bits per heavy atom. The number of aliphatic hydroxyl groups is 1. The molecule has 1 aromatic heterocycles. The Morgan fingerprint density at radius 2 is 1.75 bits per heavy atom. The number of benzene rings is 3. The van der Waals surface area contributed by atoms with Crippen molar-refractivity contribution < 1.29 is 5.11 Å². The zero-order valence-electron chi connectivity index (χ0n) is 18.3. The molecule has 4 nitrogen and oxygen atoms in total. The van der Waals surface area contributed by atoms with Gasteiger partial charge in [0.1, 0.15) is 0 Å². The molecule has 0 amide bonds. The van der Waals surface area contributed by atoms with Crippen molar-refractivity contribution in [1.82, 2.24) is 9.97 Å². The quantitative estimate of drug-likeness (QED) is 0.455. The van der Waals surface area contributed by atoms with Gasteiger partial charge < -0.3 is 10.4 Å². The van der Waals surface area contributed by atoms with Crippen molar-refractivity contribution in [3.8, 4) is 11.1 Å². The molecule has 1 heterocycles. The summed E-state index contributed by atoms with van der Waals surface area (Å²) in [5, 5.41) is 15.1. The van der Waals surface area contributed by atoms with Crippen LogP contribution in [0.3, 0.4) is 0 Å². The molecule has 0 aliphatic heterocycles. The zero-order valence-corrected chi connectivity index (χ0v) is 18.3. The van der Waals surface area contributed by atoms with Crippen LogP contribution in [0.5, 0.6) is 0 Å². The minimum Gasteiger partial charge on any atom is -0.390 e. The minimum atomic E-state index is -0.473. The number of aromatic nitrogens is 2. The Balaban J connectivity index is 1.36. The zero-order chi connectivity index (χ0) is 21.7. The van der Waals surface area contributed by atoms with E-state index < -0.39 is 6.10 Å². The molecular weight excluding hydrogens is 394 g/mol. The topological polar surface area (TPSA) is 58.0 Å². The van der Waals surface area contributed by atoms with Crippen molar-refractivity contribution in [1.29, 1.82) is 0 Å². The first-order valence-corrected chi connectivity index (χ1v) is 11.6. The summed E-state index contributed by atoms with van der Waals surface area (Å²) >= 11 is 0. The number of fused-ring (bicyclic) bond motifs is 3. The van der Waals surface area contributed by atoms with Crippen LogP contribution in [0.1, 0.15) is 46.8 Å². The summed E-state index contributed by atoms with van der Waals surface area (Å²) in [4.78, 5) is 9.56. The lowest BCUT2D eigenvalue weighted by Gasteiger charge is -2.20. The lowest BCUT2D eigenvalue weighted by atomic mass is 9.86. The highest BCUT2D eigenvalue weighted by molar-refractivity contribution is 5.87. The molecule has 3 aromatic carbocycles. The van der Waals surface area contributed by atoms with Crippen LogP contribution < -0.4 is 5.32 Å². The van der Waals surface area contributed by atoms with Crippen LogP contribution in [0.25, 0.3) is 22.0 Å². The number of aliphatic hydroxyl groups excluding tert-OH is 1. The third-order valence-electron chi connectivity index (χ3n) is 7.08. The Hall–Kier alpha value is -3.24. The number of anilines is 1. The average Bonchev–Trinajstić information content (AvgIpc) is 3.13. The molecule has 4 heteroatoms. The van der Waals surface area contributed by atoms with Crippen LogP contribution in [-0.4, -0.2) is 21.2 Å². The van der Waals surface area contributed by atoms with Crippen molar-refractivity contribution in [2.75, 3.05) is 5.32 Å². The van der Waals surface area contributed by atoms with Crippen LogP contribution in [0.15, 0.2) is 60.7 Å². The first-order valence-electron chi connectivity index (χ1n) is 11.6. The van der Waals surface area contributed by atoms with Gasteiger partial charge in [-0.3, -0.25) is 0 Å². The maximum absolute atomic E-state index is 10.6. The number of rotatable bonds is 3. The molecule has 2 atom stereocenters. The molecule has 0 unspecified atom stereocenters. The van der Waals surface area contributed by atoms with Crippen LogP contribution in [0.4, 0.5) is 5.95 Å². The number of nitrogens with one attached hydrogen (secondary N) is 1. The lowest BCUT2D eigenvalue weighted by Crippen LogP contribution is -2.22. The number of aryl methyl sites for hydroxylation is 2. The normalized spacial score (nSPS) is 19.6. The molecule has 0 fully saturated rings. The summed E-state index contributed by atoms with van der Waals surface area (Å²) in [7, 11) is 0. The molecule has 4 aromatic rings. The molecular formula is C28H27N3O. The second-order valence-electron chi connectivity index (χ2n) is 9.11. The highest BCUT2D eigenvalue weighted by atomic mass is 16.3. The molecule has 2 aliphatic carbocycles. The maximum Gasteiger partial charge on any atom is 0.224 e. The van der Waals surface area contributed by atoms with Crippen LogP contribution in [0.2, 0.25) is 0 Å². The second kappa shape index (κ2) is 7.72. The molecule has 32 heavy (non-hydrogen) atoms. The van der Waals surface area contributed by atoms with E-state index in [1.165, 1.54) is 47.1 Å². The van der Waals surface area contributed by atoms with Crippen molar-refractivity contribution in [3.05, 3.63) is 88.6 Å². The predicted molar refractivity (Wildman–Crippen MR) is 129 cm³/mol. The molecule has 0 bridgehead atoms. The Labute approximate surface area is 188 Å². The first-order chi connectivity index (χ1) is 15.7. The second-order valence-corrected chi connectivity index (χ2v) is 9.11. The van der Waals surface area contributed by atoms with Gasteiger partial charge in [0, 0.05) is 11.8 Å². The van der Waals surface area contributed by atoms with Gasteiger partial charge in [-0.1, -0.05) is 48.5 Å². The lowest BCUT2D eigenvalue weighted by molar-refractivity contribution is 0.165. The minimum absolute atomic E-state index is 0.182. The number of hydrogen-bond acceptors (Lipinski definition) is 4. The number of hydrogen-bond donors (Lipinski definition) is 2. The van der Waals surface area contributed by atoms with E-state index in [0.29, 0.717) is 12.4 Å². The van der Waals surface area contributed by atoms with Crippen LogP contribution in [0, 0.1) is 6.92 Å². The molecule has 0 saturated heterocycles. The Morgan fingerprint density at radius 3 is 2.69 bits per heavy atom. The van der Waals surface area contributed by atoms with Crippen LogP contribution >= 0.6 is 0 Å². The van der Waals surface area contributed by atoms with Crippen molar-refractivity contribution in [3.63, 3.8) is 0 Å². The third-order valence-corrected chi connectivity index (χ3v) is 7.08. The van der Waals surface area contributed by atoms with E-state index in [-0.39, 0.29) is 6.04 Å². The number of nitrogens with zero attached hydrogens (tertiary/aromatic N) is 2. The van der Waals surface area contributed by atoms with Gasteiger partial charge in [-0.2, -0.15) is 0 Å². The van der Waals surface area contributed by atoms with Gasteiger partial charge in [-0.25, -0.2) is 9.97 Å². The van der Waals surface area contributed by atoms with E-state index in [4.69, 9.17) is 9.97 Å². The standard InChI is InChI=1S/C28H27N3O/c1-17-24-15-20(22-12-6-9-18-7-2-4-10-21(18)22)13-14-25(24)30-28(29-17)31-27-23-11-5-3-8-19(23)16-26(27)32/h3,5-6,8-9,11-15,26-27,32H,2,4,7,10,16H2,1H3,(H,29,30,31)/t26-,27+/m1/s1. The molecule has 0 saturated carbocycles. The molecule has 2 aliphatic rings. The average molecular weight is 422 g/mol. The van der Waals surface area contributed by atoms with Gasteiger partial charge in [0.15, 0.2) is 0 Å². The predicted octanol–water partition coefficient (Wildman–Crippen LogP) is 5.55. The maximum atomic E-state index is 10.6. The molecule has 0 spiro atoms. The van der Waals surface area contributed by atoms with Gasteiger partial charge in [-0.05, 0) is 78.1 Å². The highest BCUT2D eigenvalue weighted by Gasteiger charge is 2.31. The third kappa shape index (κ3) is 3.26.